The van der Waals surface area contributed by atoms with E-state index in [9.17, 15) is 44.6 Å². The Kier molecular flexibility index (Phi) is 41.0. The number of hydrogen-bond donors (Lipinski definition) is 6. The minimum Gasteiger partial charge on any atom is -0.462 e. The Balaban J connectivity index is 2.41. The van der Waals surface area contributed by atoms with Gasteiger partial charge in [0.1, 0.15) is 43.2 Å². The second kappa shape index (κ2) is 44.0. The monoisotopic (exact) mass is 995 g/mol. The van der Waals surface area contributed by atoms with Crippen LogP contribution in [0.1, 0.15) is 206 Å². The molecule has 0 aromatic carbocycles. The number of carbonyl (C=O) groups excluding carboxylic acids is 2. The van der Waals surface area contributed by atoms with E-state index < -0.39 is 75.7 Å². The first-order valence-electron chi connectivity index (χ1n) is 26.7. The molecular formula is C55H95O13P. The molecule has 6 unspecified atom stereocenters. The standard InChI is InChI=1S/C55H95O13P/c1-3-5-7-9-11-13-15-17-19-21-23-24-26-28-30-32-34-36-38-40-42-44-49(57)67-47(46-66-69(63,64)68-55-53(61)51(59)50(58)52(60)54(55)62)45-65-48(56)43-41-39-37-35-33-31-29-27-25-22-20-18-16-14-12-10-8-6-4-2/h6,8,12,14,17-20,25,27,31,33,47,50-55,58-62H,3-5,7,9-11,13,15-16,21-24,26,28-30,32,34-46H2,1-2H3,(H,63,64)/b8-6+,14-12+,19-17+,20-18+,27-25+,33-31+/t47-,50?,51-,52?,53?,54?,55?/m1/s1. The van der Waals surface area contributed by atoms with Crippen LogP contribution in [0.4, 0.5) is 0 Å². The highest BCUT2D eigenvalue weighted by atomic mass is 31.2. The molecule has 8 atom stereocenters. The van der Waals surface area contributed by atoms with Crippen LogP contribution in [0, 0.1) is 0 Å². The molecule has 0 amide bonds. The van der Waals surface area contributed by atoms with Crippen LogP contribution >= 0.6 is 7.82 Å². The molecule has 0 aromatic heterocycles. The molecule has 0 spiro atoms. The van der Waals surface area contributed by atoms with Crippen LogP contribution < -0.4 is 0 Å². The minimum absolute atomic E-state index is 0.0857. The smallest absolute Gasteiger partial charge is 0.462 e. The molecule has 0 aromatic rings. The molecule has 14 heteroatoms. The van der Waals surface area contributed by atoms with Crippen LogP contribution in [0.15, 0.2) is 72.9 Å². The number of carbonyl (C=O) groups is 2. The summed E-state index contributed by atoms with van der Waals surface area (Å²) in [5.74, 6) is -1.14. The number of phosphoric acid groups is 1. The van der Waals surface area contributed by atoms with Gasteiger partial charge >= 0.3 is 19.8 Å². The van der Waals surface area contributed by atoms with Gasteiger partial charge in [0.15, 0.2) is 6.10 Å². The fraction of sp³-hybridized carbons (Fsp3) is 0.745. The average molecular weight is 995 g/mol. The molecule has 0 aliphatic heterocycles. The summed E-state index contributed by atoms with van der Waals surface area (Å²) in [7, 11) is -5.14. The van der Waals surface area contributed by atoms with Gasteiger partial charge in [-0.05, 0) is 83.5 Å². The lowest BCUT2D eigenvalue weighted by atomic mass is 9.85. The van der Waals surface area contributed by atoms with Crippen molar-refractivity contribution in [1.82, 2.24) is 0 Å². The predicted octanol–water partition coefficient (Wildman–Crippen LogP) is 11.8. The van der Waals surface area contributed by atoms with Gasteiger partial charge in [0, 0.05) is 12.8 Å². The highest BCUT2D eigenvalue weighted by Crippen LogP contribution is 2.47. The van der Waals surface area contributed by atoms with Gasteiger partial charge in [-0.2, -0.15) is 0 Å². The van der Waals surface area contributed by atoms with Gasteiger partial charge in [0.25, 0.3) is 0 Å². The predicted molar refractivity (Wildman–Crippen MR) is 276 cm³/mol. The summed E-state index contributed by atoms with van der Waals surface area (Å²) in [5, 5.41) is 50.3. The summed E-state index contributed by atoms with van der Waals surface area (Å²) in [5.41, 5.74) is 0. The lowest BCUT2D eigenvalue weighted by Crippen LogP contribution is -2.64. The third-order valence-corrected chi connectivity index (χ3v) is 13.0. The zero-order valence-corrected chi connectivity index (χ0v) is 43.5. The molecule has 13 nitrogen and oxygen atoms in total. The number of unbranched alkanes of at least 4 members (excludes halogenated alkanes) is 20. The van der Waals surface area contributed by atoms with Crippen molar-refractivity contribution in [2.24, 2.45) is 0 Å². The van der Waals surface area contributed by atoms with E-state index in [1.54, 1.807) is 0 Å². The number of ether oxygens (including phenoxy) is 2. The van der Waals surface area contributed by atoms with Gasteiger partial charge in [0.05, 0.1) is 6.61 Å². The summed E-state index contributed by atoms with van der Waals surface area (Å²) in [6, 6.07) is 0. The molecule has 1 rings (SSSR count). The van der Waals surface area contributed by atoms with E-state index in [4.69, 9.17) is 18.5 Å². The lowest BCUT2D eigenvalue weighted by molar-refractivity contribution is -0.220. The number of hydrogen-bond acceptors (Lipinski definition) is 12. The number of aliphatic hydroxyl groups excluding tert-OH is 5. The fourth-order valence-electron chi connectivity index (χ4n) is 7.78. The number of allylic oxidation sites excluding steroid dienone is 12. The van der Waals surface area contributed by atoms with Gasteiger partial charge in [-0.25, -0.2) is 4.57 Å². The first-order chi connectivity index (χ1) is 33.4. The van der Waals surface area contributed by atoms with Gasteiger partial charge in [0.2, 0.25) is 0 Å². The molecule has 1 aliphatic rings. The second-order valence-corrected chi connectivity index (χ2v) is 19.8. The molecule has 1 aliphatic carbocycles. The summed E-state index contributed by atoms with van der Waals surface area (Å²) in [6.45, 7) is 3.18. The third kappa shape index (κ3) is 36.0. The van der Waals surface area contributed by atoms with Crippen molar-refractivity contribution in [2.45, 2.75) is 249 Å². The SMILES string of the molecule is CC/C=C/C/C=C/C/C=C/C/C=C/C/C=C/CCCCCC(=O)OC[C@H](COP(=O)(O)OC1C(O)C(O)C(O)[C@@H](O)C1O)OC(=O)CCCCCCCCCCCCC/C=C/CCCCCCCC. The molecule has 0 saturated heterocycles. The van der Waals surface area contributed by atoms with Crippen LogP contribution in [0.25, 0.3) is 0 Å². The number of rotatable bonds is 44. The number of phosphoric ester groups is 1. The second-order valence-electron chi connectivity index (χ2n) is 18.3. The number of esters is 2. The largest absolute Gasteiger partial charge is 0.472 e. The van der Waals surface area contributed by atoms with E-state index in [2.05, 4.69) is 86.8 Å². The molecule has 0 radical (unpaired) electrons. The van der Waals surface area contributed by atoms with Crippen molar-refractivity contribution < 1.29 is 63.1 Å². The third-order valence-electron chi connectivity index (χ3n) is 12.0. The Bertz CT molecular complexity index is 1480. The highest BCUT2D eigenvalue weighted by Gasteiger charge is 2.51. The Hall–Kier alpha value is -2.71. The summed E-state index contributed by atoms with van der Waals surface area (Å²) >= 11 is 0. The maximum atomic E-state index is 12.9. The Morgan fingerprint density at radius 1 is 0.464 bits per heavy atom. The van der Waals surface area contributed by atoms with Crippen molar-refractivity contribution in [3.63, 3.8) is 0 Å². The molecule has 0 heterocycles. The van der Waals surface area contributed by atoms with E-state index >= 15 is 0 Å². The maximum Gasteiger partial charge on any atom is 0.472 e. The van der Waals surface area contributed by atoms with Gasteiger partial charge in [-0.15, -0.1) is 0 Å². The van der Waals surface area contributed by atoms with Crippen LogP contribution in [0.3, 0.4) is 0 Å². The van der Waals surface area contributed by atoms with Crippen LogP contribution in [0.2, 0.25) is 0 Å². The van der Waals surface area contributed by atoms with E-state index in [1.807, 2.05) is 0 Å². The summed E-state index contributed by atoms with van der Waals surface area (Å²) in [6.07, 6.45) is 43.7. The normalized spacial score (nSPS) is 21.4. The maximum absolute atomic E-state index is 12.9. The zero-order valence-electron chi connectivity index (χ0n) is 42.6. The molecule has 0 bridgehead atoms. The van der Waals surface area contributed by atoms with E-state index in [1.165, 1.54) is 89.9 Å². The average Bonchev–Trinajstić information content (AvgIpc) is 3.33. The van der Waals surface area contributed by atoms with Gasteiger partial charge < -0.3 is 39.9 Å². The fourth-order valence-corrected chi connectivity index (χ4v) is 8.75. The van der Waals surface area contributed by atoms with Crippen LogP contribution in [-0.2, 0) is 32.7 Å². The molecule has 6 N–H and O–H groups in total. The van der Waals surface area contributed by atoms with Crippen molar-refractivity contribution >= 4 is 19.8 Å². The first-order valence-corrected chi connectivity index (χ1v) is 28.2. The Morgan fingerprint density at radius 3 is 1.29 bits per heavy atom. The summed E-state index contributed by atoms with van der Waals surface area (Å²) < 4.78 is 33.7. The first kappa shape index (κ1) is 64.3. The zero-order chi connectivity index (χ0) is 50.6. The van der Waals surface area contributed by atoms with E-state index in [-0.39, 0.29) is 12.8 Å². The lowest BCUT2D eigenvalue weighted by Gasteiger charge is -2.41. The van der Waals surface area contributed by atoms with Crippen molar-refractivity contribution in [1.29, 1.82) is 0 Å². The van der Waals surface area contributed by atoms with Crippen molar-refractivity contribution in [3.8, 4) is 0 Å². The summed E-state index contributed by atoms with van der Waals surface area (Å²) in [4.78, 5) is 35.9. The van der Waals surface area contributed by atoms with Crippen LogP contribution in [0.5, 0.6) is 0 Å². The van der Waals surface area contributed by atoms with Crippen molar-refractivity contribution in [3.05, 3.63) is 72.9 Å². The van der Waals surface area contributed by atoms with Gasteiger partial charge in [-0.1, -0.05) is 183 Å². The number of aliphatic hydroxyl groups is 5. The Morgan fingerprint density at radius 2 is 0.826 bits per heavy atom. The Labute approximate surface area is 416 Å². The quantitative estimate of drug-likeness (QED) is 0.0145. The molecule has 69 heavy (non-hydrogen) atoms. The van der Waals surface area contributed by atoms with E-state index in [0.717, 1.165) is 77.0 Å². The highest BCUT2D eigenvalue weighted by molar-refractivity contribution is 7.47. The molecular weight excluding hydrogens is 900 g/mol. The molecule has 1 fully saturated rings. The van der Waals surface area contributed by atoms with Gasteiger partial charge in [-0.3, -0.25) is 18.6 Å². The topological polar surface area (TPSA) is 210 Å². The minimum atomic E-state index is -5.14. The molecule has 1 saturated carbocycles. The van der Waals surface area contributed by atoms with Crippen LogP contribution in [-0.4, -0.2) is 98.3 Å². The van der Waals surface area contributed by atoms with E-state index in [0.29, 0.717) is 12.8 Å². The van der Waals surface area contributed by atoms with Crippen molar-refractivity contribution in [2.75, 3.05) is 13.2 Å². The molecule has 398 valence electrons.